The number of nitrogens with two attached hydrogens (primary N) is 3. The Bertz CT molecular complexity index is 137. The number of aliphatic carboxylic acids is 1. The third-order valence-electron chi connectivity index (χ3n) is 1.41. The van der Waals surface area contributed by atoms with Gasteiger partial charge in [-0.1, -0.05) is 0 Å². The number of rotatable bonds is 5. The van der Waals surface area contributed by atoms with E-state index in [2.05, 4.69) is 0 Å². The standard InChI is InChI=1S/C6H15N3O2.2ClH/c7-2-1-4(8)3-5(9)6(10)11;;/h4-5H,1-3,7-9H2,(H,10,11);2*1H/t4?,5-;;/m0../s1. The molecule has 0 aromatic heterocycles. The van der Waals surface area contributed by atoms with Crippen molar-refractivity contribution < 1.29 is 9.90 Å². The summed E-state index contributed by atoms with van der Waals surface area (Å²) in [6.45, 7) is 0.466. The molecule has 0 aliphatic heterocycles. The summed E-state index contributed by atoms with van der Waals surface area (Å²) in [5.41, 5.74) is 15.9. The first kappa shape index (κ1) is 18.7. The van der Waals surface area contributed by atoms with Crippen molar-refractivity contribution in [1.29, 1.82) is 0 Å². The highest BCUT2D eigenvalue weighted by molar-refractivity contribution is 5.85. The number of carboxylic acids is 1. The lowest BCUT2D eigenvalue weighted by Gasteiger charge is -2.12. The lowest BCUT2D eigenvalue weighted by molar-refractivity contribution is -0.138. The first-order chi connectivity index (χ1) is 5.07. The van der Waals surface area contributed by atoms with Gasteiger partial charge in [0.2, 0.25) is 0 Å². The molecule has 0 saturated carbocycles. The van der Waals surface area contributed by atoms with Crippen molar-refractivity contribution in [3.63, 3.8) is 0 Å². The minimum Gasteiger partial charge on any atom is -0.480 e. The van der Waals surface area contributed by atoms with Crippen molar-refractivity contribution >= 4 is 30.8 Å². The van der Waals surface area contributed by atoms with Gasteiger partial charge in [0.25, 0.3) is 0 Å². The summed E-state index contributed by atoms with van der Waals surface area (Å²) in [7, 11) is 0. The van der Waals surface area contributed by atoms with Gasteiger partial charge in [0.1, 0.15) is 6.04 Å². The number of halogens is 2. The molecule has 0 aromatic rings. The molecule has 13 heavy (non-hydrogen) atoms. The molecule has 0 aliphatic rings. The van der Waals surface area contributed by atoms with E-state index in [4.69, 9.17) is 22.3 Å². The second-order valence-electron chi connectivity index (χ2n) is 2.52. The average molecular weight is 234 g/mol. The maximum Gasteiger partial charge on any atom is 0.320 e. The largest absolute Gasteiger partial charge is 0.480 e. The maximum atomic E-state index is 10.2. The molecule has 0 bridgehead atoms. The molecular formula is C6H17Cl2N3O2. The molecule has 1 unspecified atom stereocenters. The molecule has 0 fully saturated rings. The predicted octanol–water partition coefficient (Wildman–Crippen LogP) is -0.692. The molecular weight excluding hydrogens is 217 g/mol. The second kappa shape index (κ2) is 10.0. The van der Waals surface area contributed by atoms with E-state index < -0.39 is 12.0 Å². The van der Waals surface area contributed by atoms with Crippen molar-refractivity contribution in [3.8, 4) is 0 Å². The number of hydrogen-bond acceptors (Lipinski definition) is 4. The van der Waals surface area contributed by atoms with Gasteiger partial charge in [-0.2, -0.15) is 0 Å². The van der Waals surface area contributed by atoms with E-state index >= 15 is 0 Å². The van der Waals surface area contributed by atoms with E-state index in [1.807, 2.05) is 0 Å². The van der Waals surface area contributed by atoms with Crippen molar-refractivity contribution in [2.45, 2.75) is 24.9 Å². The van der Waals surface area contributed by atoms with Crippen LogP contribution in [0.15, 0.2) is 0 Å². The quantitative estimate of drug-likeness (QED) is 0.502. The Kier molecular flexibility index (Phi) is 14.4. The highest BCUT2D eigenvalue weighted by atomic mass is 35.5. The van der Waals surface area contributed by atoms with Gasteiger partial charge in [0.15, 0.2) is 0 Å². The SMILES string of the molecule is Cl.Cl.NCCC(N)C[C@H](N)C(=O)O. The number of carboxylic acid groups (broad SMARTS) is 1. The Morgan fingerprint density at radius 2 is 1.77 bits per heavy atom. The molecule has 0 rings (SSSR count). The summed E-state index contributed by atoms with van der Waals surface area (Å²) >= 11 is 0. The molecule has 0 heterocycles. The van der Waals surface area contributed by atoms with E-state index in [-0.39, 0.29) is 37.3 Å². The van der Waals surface area contributed by atoms with Crippen LogP contribution in [0.5, 0.6) is 0 Å². The van der Waals surface area contributed by atoms with Crippen LogP contribution in [0.4, 0.5) is 0 Å². The van der Waals surface area contributed by atoms with E-state index in [1.54, 1.807) is 0 Å². The Balaban J connectivity index is -0.000000500. The average Bonchev–Trinajstić information content (AvgIpc) is 1.87. The smallest absolute Gasteiger partial charge is 0.320 e. The van der Waals surface area contributed by atoms with Gasteiger partial charge < -0.3 is 22.3 Å². The van der Waals surface area contributed by atoms with E-state index in [1.165, 1.54) is 0 Å². The van der Waals surface area contributed by atoms with Gasteiger partial charge in [-0.3, -0.25) is 4.79 Å². The molecule has 5 nitrogen and oxygen atoms in total. The summed E-state index contributed by atoms with van der Waals surface area (Å²) in [4.78, 5) is 10.2. The molecule has 0 aromatic carbocycles. The molecule has 7 heteroatoms. The molecule has 0 saturated heterocycles. The van der Waals surface area contributed by atoms with Gasteiger partial charge in [0.05, 0.1) is 0 Å². The Labute approximate surface area is 89.8 Å². The first-order valence-electron chi connectivity index (χ1n) is 3.52. The zero-order valence-electron chi connectivity index (χ0n) is 7.18. The summed E-state index contributed by atoms with van der Waals surface area (Å²) < 4.78 is 0. The predicted molar refractivity (Wildman–Crippen MR) is 56.4 cm³/mol. The summed E-state index contributed by atoms with van der Waals surface area (Å²) in [5.74, 6) is -1.02. The van der Waals surface area contributed by atoms with Crippen molar-refractivity contribution in [1.82, 2.24) is 0 Å². The fraction of sp³-hybridized carbons (Fsp3) is 0.833. The summed E-state index contributed by atoms with van der Waals surface area (Å²) in [6, 6.07) is -1.07. The molecule has 0 amide bonds. The van der Waals surface area contributed by atoms with Crippen LogP contribution in [0.2, 0.25) is 0 Å². The lowest BCUT2D eigenvalue weighted by atomic mass is 10.1. The topological polar surface area (TPSA) is 115 Å². The third kappa shape index (κ3) is 9.85. The van der Waals surface area contributed by atoms with Crippen LogP contribution in [0.1, 0.15) is 12.8 Å². The van der Waals surface area contributed by atoms with Crippen LogP contribution in [0.25, 0.3) is 0 Å². The van der Waals surface area contributed by atoms with Crippen LogP contribution in [-0.4, -0.2) is 29.7 Å². The molecule has 2 atom stereocenters. The molecule has 0 spiro atoms. The highest BCUT2D eigenvalue weighted by Gasteiger charge is 2.14. The summed E-state index contributed by atoms with van der Waals surface area (Å²) in [5, 5.41) is 8.39. The summed E-state index contributed by atoms with van der Waals surface area (Å²) in [6.07, 6.45) is 0.896. The van der Waals surface area contributed by atoms with Gasteiger partial charge in [-0.15, -0.1) is 24.8 Å². The fourth-order valence-electron chi connectivity index (χ4n) is 0.759. The van der Waals surface area contributed by atoms with Gasteiger partial charge in [0, 0.05) is 6.04 Å². The number of carbonyl (C=O) groups is 1. The highest BCUT2D eigenvalue weighted by Crippen LogP contribution is 1.96. The van der Waals surface area contributed by atoms with E-state index in [9.17, 15) is 4.79 Å². The van der Waals surface area contributed by atoms with Crippen molar-refractivity contribution in [2.24, 2.45) is 17.2 Å². The number of hydrogen-bond donors (Lipinski definition) is 4. The lowest BCUT2D eigenvalue weighted by Crippen LogP contribution is -2.38. The fourth-order valence-corrected chi connectivity index (χ4v) is 0.759. The first-order valence-corrected chi connectivity index (χ1v) is 3.52. The molecule has 0 radical (unpaired) electrons. The van der Waals surface area contributed by atoms with Crippen molar-refractivity contribution in [2.75, 3.05) is 6.54 Å². The Hall–Kier alpha value is -0.0700. The Morgan fingerprint density at radius 1 is 1.31 bits per heavy atom. The van der Waals surface area contributed by atoms with Crippen LogP contribution in [0, 0.1) is 0 Å². The van der Waals surface area contributed by atoms with Gasteiger partial charge in [-0.05, 0) is 19.4 Å². The normalized spacial score (nSPS) is 13.5. The third-order valence-corrected chi connectivity index (χ3v) is 1.41. The van der Waals surface area contributed by atoms with Crippen LogP contribution in [0.3, 0.4) is 0 Å². The maximum absolute atomic E-state index is 10.2. The molecule has 0 aliphatic carbocycles. The zero-order valence-corrected chi connectivity index (χ0v) is 8.81. The molecule has 7 N–H and O–H groups in total. The van der Waals surface area contributed by atoms with Gasteiger partial charge >= 0.3 is 5.97 Å². The molecule has 82 valence electrons. The van der Waals surface area contributed by atoms with Crippen LogP contribution < -0.4 is 17.2 Å². The van der Waals surface area contributed by atoms with Crippen LogP contribution in [-0.2, 0) is 4.79 Å². The minimum absolute atomic E-state index is 0. The monoisotopic (exact) mass is 233 g/mol. The zero-order chi connectivity index (χ0) is 8.85. The minimum atomic E-state index is -1.02. The Morgan fingerprint density at radius 3 is 2.08 bits per heavy atom. The van der Waals surface area contributed by atoms with E-state index in [0.717, 1.165) is 0 Å². The van der Waals surface area contributed by atoms with Crippen LogP contribution >= 0.6 is 24.8 Å². The van der Waals surface area contributed by atoms with Gasteiger partial charge in [-0.25, -0.2) is 0 Å². The second-order valence-corrected chi connectivity index (χ2v) is 2.52. The van der Waals surface area contributed by atoms with E-state index in [0.29, 0.717) is 13.0 Å². The van der Waals surface area contributed by atoms with Crippen molar-refractivity contribution in [3.05, 3.63) is 0 Å².